The summed E-state index contributed by atoms with van der Waals surface area (Å²) in [5, 5.41) is 3.44. The minimum Gasteiger partial charge on any atom is -0.497 e. The van der Waals surface area contributed by atoms with Crippen molar-refractivity contribution in [1.29, 1.82) is 0 Å². The van der Waals surface area contributed by atoms with Gasteiger partial charge in [0.1, 0.15) is 18.1 Å². The molecule has 2 aromatic rings. The lowest BCUT2D eigenvalue weighted by molar-refractivity contribution is 0.365. The summed E-state index contributed by atoms with van der Waals surface area (Å²) in [6, 6.07) is 14.1. The third kappa shape index (κ3) is 5.63. The van der Waals surface area contributed by atoms with E-state index in [1.54, 1.807) is 7.11 Å². The Morgan fingerprint density at radius 3 is 2.65 bits per heavy atom. The molecule has 0 unspecified atom stereocenters. The second-order valence-electron chi connectivity index (χ2n) is 5.02. The molecule has 0 aliphatic carbocycles. The Kier molecular flexibility index (Phi) is 6.99. The van der Waals surface area contributed by atoms with Crippen LogP contribution in [0.3, 0.4) is 0 Å². The van der Waals surface area contributed by atoms with Gasteiger partial charge >= 0.3 is 0 Å². The third-order valence-corrected chi connectivity index (χ3v) is 3.89. The van der Waals surface area contributed by atoms with E-state index in [1.807, 2.05) is 30.3 Å². The molecule has 0 saturated heterocycles. The summed E-state index contributed by atoms with van der Waals surface area (Å²) in [4.78, 5) is 0. The molecule has 0 bridgehead atoms. The van der Waals surface area contributed by atoms with Gasteiger partial charge in [-0.15, -0.1) is 6.42 Å². The maximum absolute atomic E-state index is 5.57. The van der Waals surface area contributed by atoms with Gasteiger partial charge in [0, 0.05) is 16.6 Å². The largest absolute Gasteiger partial charge is 0.497 e. The van der Waals surface area contributed by atoms with Crippen LogP contribution in [0.2, 0.25) is 0 Å². The Bertz CT molecular complexity index is 662. The SMILES string of the molecule is C#CCOc1ccc(Br)cc1CNCCc1ccc(OC)cc1. The van der Waals surface area contributed by atoms with Crippen molar-refractivity contribution in [1.82, 2.24) is 5.32 Å². The number of nitrogens with one attached hydrogen (secondary N) is 1. The molecule has 1 N–H and O–H groups in total. The monoisotopic (exact) mass is 373 g/mol. The van der Waals surface area contributed by atoms with Crippen LogP contribution in [0.15, 0.2) is 46.9 Å². The lowest BCUT2D eigenvalue weighted by Gasteiger charge is -2.11. The summed E-state index contributed by atoms with van der Waals surface area (Å²) < 4.78 is 11.8. The number of halogens is 1. The van der Waals surface area contributed by atoms with Crippen molar-refractivity contribution in [2.24, 2.45) is 0 Å². The van der Waals surface area contributed by atoms with Crippen LogP contribution in [-0.4, -0.2) is 20.3 Å². The van der Waals surface area contributed by atoms with Crippen LogP contribution in [0.25, 0.3) is 0 Å². The quantitative estimate of drug-likeness (QED) is 0.563. The molecule has 23 heavy (non-hydrogen) atoms. The molecule has 0 saturated carbocycles. The number of rotatable bonds is 8. The zero-order valence-corrected chi connectivity index (χ0v) is 14.7. The zero-order chi connectivity index (χ0) is 16.5. The first-order valence-electron chi connectivity index (χ1n) is 7.41. The van der Waals surface area contributed by atoms with Crippen LogP contribution in [0, 0.1) is 12.3 Å². The maximum Gasteiger partial charge on any atom is 0.148 e. The second kappa shape index (κ2) is 9.24. The average molecular weight is 374 g/mol. The van der Waals surface area contributed by atoms with E-state index in [-0.39, 0.29) is 6.61 Å². The maximum atomic E-state index is 5.57. The fraction of sp³-hybridized carbons (Fsp3) is 0.263. The fourth-order valence-electron chi connectivity index (χ4n) is 2.19. The van der Waals surface area contributed by atoms with E-state index in [0.717, 1.165) is 41.0 Å². The van der Waals surface area contributed by atoms with Crippen molar-refractivity contribution in [3.05, 3.63) is 58.1 Å². The normalized spacial score (nSPS) is 10.1. The predicted octanol–water partition coefficient (Wildman–Crippen LogP) is 3.80. The highest BCUT2D eigenvalue weighted by molar-refractivity contribution is 9.10. The molecule has 2 aromatic carbocycles. The first-order chi connectivity index (χ1) is 11.2. The van der Waals surface area contributed by atoms with Gasteiger partial charge in [0.2, 0.25) is 0 Å². The molecule has 0 atom stereocenters. The lowest BCUT2D eigenvalue weighted by Crippen LogP contribution is -2.17. The first kappa shape index (κ1) is 17.4. The van der Waals surface area contributed by atoms with Crippen LogP contribution in [0.1, 0.15) is 11.1 Å². The van der Waals surface area contributed by atoms with Crippen LogP contribution >= 0.6 is 15.9 Å². The van der Waals surface area contributed by atoms with E-state index in [9.17, 15) is 0 Å². The molecule has 120 valence electrons. The van der Waals surface area contributed by atoms with E-state index < -0.39 is 0 Å². The topological polar surface area (TPSA) is 30.5 Å². The molecular formula is C19H20BrNO2. The summed E-state index contributed by atoms with van der Waals surface area (Å²) >= 11 is 3.49. The molecular weight excluding hydrogens is 354 g/mol. The molecule has 0 aliphatic heterocycles. The summed E-state index contributed by atoms with van der Waals surface area (Å²) in [5.41, 5.74) is 2.36. The van der Waals surface area contributed by atoms with Crippen molar-refractivity contribution in [3.63, 3.8) is 0 Å². The van der Waals surface area contributed by atoms with E-state index in [2.05, 4.69) is 39.3 Å². The van der Waals surface area contributed by atoms with Gasteiger partial charge in [0.15, 0.2) is 0 Å². The zero-order valence-electron chi connectivity index (χ0n) is 13.1. The van der Waals surface area contributed by atoms with Crippen molar-refractivity contribution >= 4 is 15.9 Å². The first-order valence-corrected chi connectivity index (χ1v) is 8.20. The minimum absolute atomic E-state index is 0.278. The minimum atomic E-state index is 0.278. The smallest absolute Gasteiger partial charge is 0.148 e. The average Bonchev–Trinajstić information content (AvgIpc) is 2.58. The predicted molar refractivity (Wildman–Crippen MR) is 96.9 cm³/mol. The lowest BCUT2D eigenvalue weighted by atomic mass is 10.1. The van der Waals surface area contributed by atoms with E-state index in [0.29, 0.717) is 0 Å². The molecule has 0 aliphatic rings. The number of ether oxygens (including phenoxy) is 2. The molecule has 2 rings (SSSR count). The van der Waals surface area contributed by atoms with E-state index in [4.69, 9.17) is 15.9 Å². The van der Waals surface area contributed by atoms with Crippen molar-refractivity contribution < 1.29 is 9.47 Å². The van der Waals surface area contributed by atoms with E-state index >= 15 is 0 Å². The summed E-state index contributed by atoms with van der Waals surface area (Å²) in [5.74, 6) is 4.19. The summed E-state index contributed by atoms with van der Waals surface area (Å²) in [7, 11) is 1.67. The van der Waals surface area contributed by atoms with Crippen molar-refractivity contribution in [2.45, 2.75) is 13.0 Å². The fourth-order valence-corrected chi connectivity index (χ4v) is 2.60. The van der Waals surface area contributed by atoms with Crippen LogP contribution in [0.5, 0.6) is 11.5 Å². The number of hydrogen-bond acceptors (Lipinski definition) is 3. The van der Waals surface area contributed by atoms with Gasteiger partial charge in [-0.1, -0.05) is 34.0 Å². The van der Waals surface area contributed by atoms with Gasteiger partial charge in [-0.3, -0.25) is 0 Å². The Morgan fingerprint density at radius 1 is 1.17 bits per heavy atom. The van der Waals surface area contributed by atoms with Gasteiger partial charge in [-0.05, 0) is 48.9 Å². The number of terminal acetylenes is 1. The van der Waals surface area contributed by atoms with Gasteiger partial charge < -0.3 is 14.8 Å². The van der Waals surface area contributed by atoms with Gasteiger partial charge in [-0.25, -0.2) is 0 Å². The molecule has 0 amide bonds. The van der Waals surface area contributed by atoms with E-state index in [1.165, 1.54) is 5.56 Å². The standard InChI is InChI=1S/C19H20BrNO2/c1-3-12-23-19-9-6-17(20)13-16(19)14-21-11-10-15-4-7-18(22-2)8-5-15/h1,4-9,13,21H,10-12,14H2,2H3. The Balaban J connectivity index is 1.85. The Hall–Kier alpha value is -1.96. The van der Waals surface area contributed by atoms with Crippen molar-refractivity contribution in [2.75, 3.05) is 20.3 Å². The molecule has 0 aromatic heterocycles. The number of benzene rings is 2. The molecule has 4 heteroatoms. The highest BCUT2D eigenvalue weighted by Gasteiger charge is 2.04. The molecule has 3 nitrogen and oxygen atoms in total. The molecule has 0 fully saturated rings. The summed E-state index contributed by atoms with van der Waals surface area (Å²) in [6.45, 7) is 1.89. The molecule has 0 spiro atoms. The third-order valence-electron chi connectivity index (χ3n) is 3.40. The van der Waals surface area contributed by atoms with Gasteiger partial charge in [0.25, 0.3) is 0 Å². The Labute approximate surface area is 146 Å². The second-order valence-corrected chi connectivity index (χ2v) is 5.94. The number of hydrogen-bond donors (Lipinski definition) is 1. The van der Waals surface area contributed by atoms with Gasteiger partial charge in [0.05, 0.1) is 7.11 Å². The molecule has 0 radical (unpaired) electrons. The van der Waals surface area contributed by atoms with Crippen LogP contribution in [0.4, 0.5) is 0 Å². The summed E-state index contributed by atoms with van der Waals surface area (Å²) in [6.07, 6.45) is 6.21. The number of methoxy groups -OCH3 is 1. The highest BCUT2D eigenvalue weighted by atomic mass is 79.9. The highest BCUT2D eigenvalue weighted by Crippen LogP contribution is 2.23. The molecule has 0 heterocycles. The van der Waals surface area contributed by atoms with Crippen molar-refractivity contribution in [3.8, 4) is 23.8 Å². The van der Waals surface area contributed by atoms with Crippen LogP contribution in [-0.2, 0) is 13.0 Å². The van der Waals surface area contributed by atoms with Crippen LogP contribution < -0.4 is 14.8 Å². The Morgan fingerprint density at radius 2 is 1.96 bits per heavy atom. The van der Waals surface area contributed by atoms with Gasteiger partial charge in [-0.2, -0.15) is 0 Å².